The summed E-state index contributed by atoms with van der Waals surface area (Å²) in [6.07, 6.45) is 1.56. The number of methoxy groups -OCH3 is 1. The molecule has 0 aliphatic carbocycles. The molecular weight excluding hydrogens is 328 g/mol. The Kier molecular flexibility index (Phi) is 5.99. The number of hydrogen-bond acceptors (Lipinski definition) is 6. The number of urea groups is 1. The minimum atomic E-state index is -0.507. The molecule has 3 amide bonds. The van der Waals surface area contributed by atoms with Gasteiger partial charge in [-0.15, -0.1) is 0 Å². The molecule has 1 aromatic rings. The fourth-order valence-corrected chi connectivity index (χ4v) is 2.22. The first-order valence-corrected chi connectivity index (χ1v) is 7.81. The molecule has 0 radical (unpaired) electrons. The third-order valence-corrected chi connectivity index (χ3v) is 3.43. The zero-order chi connectivity index (χ0) is 18.4. The number of nitrogens with zero attached hydrogens (tertiary/aromatic N) is 1. The van der Waals surface area contributed by atoms with E-state index in [0.29, 0.717) is 30.2 Å². The second-order valence-electron chi connectivity index (χ2n) is 5.04. The Morgan fingerprint density at radius 3 is 2.56 bits per heavy atom. The number of amides is 3. The van der Waals surface area contributed by atoms with Crippen molar-refractivity contribution in [2.24, 2.45) is 0 Å². The highest BCUT2D eigenvalue weighted by Gasteiger charge is 2.32. The minimum Gasteiger partial charge on any atom is -0.490 e. The number of likely N-dealkylation sites (N-methyl/N-ethyl adjacent to an activating group) is 1. The Morgan fingerprint density at radius 2 is 1.96 bits per heavy atom. The number of rotatable bonds is 7. The van der Waals surface area contributed by atoms with Gasteiger partial charge in [-0.2, -0.15) is 0 Å². The van der Waals surface area contributed by atoms with Gasteiger partial charge in [0, 0.05) is 6.54 Å². The van der Waals surface area contributed by atoms with Crippen LogP contribution >= 0.6 is 0 Å². The van der Waals surface area contributed by atoms with E-state index in [1.165, 1.54) is 7.11 Å². The number of ether oxygens (including phenoxy) is 3. The van der Waals surface area contributed by atoms with E-state index in [0.717, 1.165) is 4.90 Å². The molecule has 1 N–H and O–H groups in total. The number of hydrogen-bond donors (Lipinski definition) is 1. The molecule has 134 valence electrons. The van der Waals surface area contributed by atoms with E-state index in [2.05, 4.69) is 10.1 Å². The Hall–Kier alpha value is -3.03. The smallest absolute Gasteiger partial charge is 0.343 e. The number of imide groups is 1. The van der Waals surface area contributed by atoms with Crippen LogP contribution in [0.2, 0.25) is 0 Å². The molecule has 2 rings (SSSR count). The van der Waals surface area contributed by atoms with Crippen molar-refractivity contribution in [3.63, 3.8) is 0 Å². The van der Waals surface area contributed by atoms with Crippen LogP contribution in [0.3, 0.4) is 0 Å². The summed E-state index contributed by atoms with van der Waals surface area (Å²) in [6.45, 7) is 3.99. The lowest BCUT2D eigenvalue weighted by Crippen LogP contribution is -2.30. The Balaban J connectivity index is 2.23. The lowest BCUT2D eigenvalue weighted by molar-refractivity contribution is -0.142. The normalized spacial score (nSPS) is 15.3. The quantitative estimate of drug-likeness (QED) is 0.456. The van der Waals surface area contributed by atoms with Crippen molar-refractivity contribution in [1.29, 1.82) is 0 Å². The van der Waals surface area contributed by atoms with Gasteiger partial charge in [-0.25, -0.2) is 9.59 Å². The van der Waals surface area contributed by atoms with Crippen molar-refractivity contribution in [1.82, 2.24) is 10.2 Å². The highest BCUT2D eigenvalue weighted by atomic mass is 16.6. The lowest BCUT2D eigenvalue weighted by Gasteiger charge is -2.12. The summed E-state index contributed by atoms with van der Waals surface area (Å²) in [6, 6.07) is 4.54. The van der Waals surface area contributed by atoms with Gasteiger partial charge in [-0.05, 0) is 37.6 Å². The maximum atomic E-state index is 12.1. The van der Waals surface area contributed by atoms with Crippen LogP contribution in [0.5, 0.6) is 11.5 Å². The summed E-state index contributed by atoms with van der Waals surface area (Å²) in [5.74, 6) is -0.0831. The van der Waals surface area contributed by atoms with Crippen LogP contribution in [-0.2, 0) is 14.3 Å². The van der Waals surface area contributed by atoms with Crippen LogP contribution in [0.15, 0.2) is 23.9 Å². The summed E-state index contributed by atoms with van der Waals surface area (Å²) in [4.78, 5) is 36.1. The Bertz CT molecular complexity index is 713. The Labute approximate surface area is 145 Å². The SMILES string of the molecule is CCOc1cc(/C=C2/NC(=O)N(CC)C2=O)ccc1OCC(=O)OC. The lowest BCUT2D eigenvalue weighted by atomic mass is 10.1. The molecule has 1 saturated heterocycles. The number of benzene rings is 1. The van der Waals surface area contributed by atoms with Crippen molar-refractivity contribution >= 4 is 24.0 Å². The summed E-state index contributed by atoms with van der Waals surface area (Å²) >= 11 is 0. The predicted octanol–water partition coefficient (Wildman–Crippen LogP) is 1.55. The third-order valence-electron chi connectivity index (χ3n) is 3.43. The maximum absolute atomic E-state index is 12.1. The van der Waals surface area contributed by atoms with Gasteiger partial charge in [0.1, 0.15) is 5.70 Å². The maximum Gasteiger partial charge on any atom is 0.343 e. The van der Waals surface area contributed by atoms with Gasteiger partial charge < -0.3 is 19.5 Å². The predicted molar refractivity (Wildman–Crippen MR) is 89.0 cm³/mol. The van der Waals surface area contributed by atoms with Crippen molar-refractivity contribution in [3.8, 4) is 11.5 Å². The monoisotopic (exact) mass is 348 g/mol. The fourth-order valence-electron chi connectivity index (χ4n) is 2.22. The van der Waals surface area contributed by atoms with Gasteiger partial charge >= 0.3 is 12.0 Å². The molecule has 25 heavy (non-hydrogen) atoms. The van der Waals surface area contributed by atoms with E-state index in [1.54, 1.807) is 31.2 Å². The zero-order valence-corrected chi connectivity index (χ0v) is 14.3. The molecule has 1 fully saturated rings. The number of esters is 1. The van der Waals surface area contributed by atoms with Crippen molar-refractivity contribution < 1.29 is 28.6 Å². The second kappa shape index (κ2) is 8.18. The molecule has 0 aromatic heterocycles. The van der Waals surface area contributed by atoms with Crippen molar-refractivity contribution in [3.05, 3.63) is 29.5 Å². The highest BCUT2D eigenvalue weighted by Crippen LogP contribution is 2.29. The topological polar surface area (TPSA) is 94.2 Å². The molecule has 0 bridgehead atoms. The molecule has 1 aromatic carbocycles. The number of carbonyl (C=O) groups excluding carboxylic acids is 3. The van der Waals surface area contributed by atoms with Gasteiger partial charge in [0.15, 0.2) is 18.1 Å². The van der Waals surface area contributed by atoms with Crippen LogP contribution < -0.4 is 14.8 Å². The molecule has 0 saturated carbocycles. The molecule has 0 spiro atoms. The first-order valence-electron chi connectivity index (χ1n) is 7.81. The van der Waals surface area contributed by atoms with Crippen LogP contribution in [0.25, 0.3) is 6.08 Å². The molecule has 1 heterocycles. The molecule has 1 aliphatic heterocycles. The van der Waals surface area contributed by atoms with E-state index in [9.17, 15) is 14.4 Å². The molecule has 1 aliphatic rings. The summed E-state index contributed by atoms with van der Waals surface area (Å²) in [7, 11) is 1.27. The first-order chi connectivity index (χ1) is 12.0. The molecular formula is C17H20N2O6. The zero-order valence-electron chi connectivity index (χ0n) is 14.3. The summed E-state index contributed by atoms with van der Waals surface area (Å²) < 4.78 is 15.4. The number of carbonyl (C=O) groups is 3. The van der Waals surface area contributed by atoms with E-state index in [4.69, 9.17) is 9.47 Å². The minimum absolute atomic E-state index is 0.192. The van der Waals surface area contributed by atoms with Crippen molar-refractivity contribution in [2.75, 3.05) is 26.9 Å². The van der Waals surface area contributed by atoms with Gasteiger partial charge in [0.05, 0.1) is 13.7 Å². The Morgan fingerprint density at radius 1 is 1.20 bits per heavy atom. The highest BCUT2D eigenvalue weighted by molar-refractivity contribution is 6.13. The van der Waals surface area contributed by atoms with E-state index < -0.39 is 12.0 Å². The second-order valence-corrected chi connectivity index (χ2v) is 5.04. The van der Waals surface area contributed by atoms with Crippen LogP contribution in [0, 0.1) is 0 Å². The van der Waals surface area contributed by atoms with Gasteiger partial charge in [-0.3, -0.25) is 9.69 Å². The van der Waals surface area contributed by atoms with Crippen LogP contribution in [0.4, 0.5) is 4.79 Å². The molecule has 8 heteroatoms. The first kappa shape index (κ1) is 18.3. The largest absolute Gasteiger partial charge is 0.490 e. The van der Waals surface area contributed by atoms with Crippen molar-refractivity contribution in [2.45, 2.75) is 13.8 Å². The fraction of sp³-hybridized carbons (Fsp3) is 0.353. The van der Waals surface area contributed by atoms with Crippen LogP contribution in [-0.4, -0.2) is 49.7 Å². The van der Waals surface area contributed by atoms with Gasteiger partial charge in [-0.1, -0.05) is 6.07 Å². The average molecular weight is 348 g/mol. The van der Waals surface area contributed by atoms with E-state index >= 15 is 0 Å². The van der Waals surface area contributed by atoms with E-state index in [-0.39, 0.29) is 18.2 Å². The van der Waals surface area contributed by atoms with E-state index in [1.807, 2.05) is 6.92 Å². The summed E-state index contributed by atoms with van der Waals surface area (Å²) in [5, 5.41) is 2.53. The number of nitrogens with one attached hydrogen (secondary N) is 1. The molecule has 8 nitrogen and oxygen atoms in total. The third kappa shape index (κ3) is 4.28. The molecule has 0 unspecified atom stereocenters. The molecule has 0 atom stereocenters. The average Bonchev–Trinajstić information content (AvgIpc) is 2.87. The van der Waals surface area contributed by atoms with Gasteiger partial charge in [0.25, 0.3) is 5.91 Å². The van der Waals surface area contributed by atoms with Gasteiger partial charge in [0.2, 0.25) is 0 Å². The summed E-state index contributed by atoms with van der Waals surface area (Å²) in [5.41, 5.74) is 0.841. The van der Waals surface area contributed by atoms with Crippen LogP contribution in [0.1, 0.15) is 19.4 Å². The standard InChI is InChI=1S/C17H20N2O6/c1-4-19-16(21)12(18-17(19)22)8-11-6-7-13(14(9-11)24-5-2)25-10-15(20)23-3/h6-9H,4-5,10H2,1-3H3,(H,18,22)/b12-8+.